The van der Waals surface area contributed by atoms with Crippen LogP contribution in [0.15, 0.2) is 45.6 Å². The van der Waals surface area contributed by atoms with Crippen molar-refractivity contribution >= 4 is 17.0 Å². The minimum Gasteiger partial charge on any atom is -0.507 e. The third-order valence-corrected chi connectivity index (χ3v) is 6.52. The molecule has 37 heavy (non-hydrogen) atoms. The second kappa shape index (κ2) is 9.07. The number of hydrogen-bond acceptors (Lipinski definition) is 10. The summed E-state index contributed by atoms with van der Waals surface area (Å²) in [5, 5.41) is 41.4. The lowest BCUT2D eigenvalue weighted by Gasteiger charge is -2.38. The molecule has 4 N–H and O–H groups in total. The summed E-state index contributed by atoms with van der Waals surface area (Å²) in [5.41, 5.74) is -0.377. The predicted octanol–water partition coefficient (Wildman–Crippen LogP) is 2.56. The van der Waals surface area contributed by atoms with Gasteiger partial charge in [-0.3, -0.25) is 4.79 Å². The number of aromatic hydroxyl groups is 1. The van der Waals surface area contributed by atoms with Crippen LogP contribution in [0.4, 0.5) is 0 Å². The Kier molecular flexibility index (Phi) is 6.15. The lowest BCUT2D eigenvalue weighted by molar-refractivity contribution is -0.268. The minimum absolute atomic E-state index is 0.00440. The van der Waals surface area contributed by atoms with Gasteiger partial charge in [0.2, 0.25) is 17.5 Å². The van der Waals surface area contributed by atoms with Crippen LogP contribution >= 0.6 is 0 Å². The van der Waals surface area contributed by atoms with Gasteiger partial charge < -0.3 is 43.8 Å². The molecule has 0 saturated carbocycles. The van der Waals surface area contributed by atoms with Crippen LogP contribution in [0.2, 0.25) is 0 Å². The number of aliphatic hydroxyl groups is 3. The molecule has 2 aromatic carbocycles. The predicted molar refractivity (Wildman–Crippen MR) is 133 cm³/mol. The van der Waals surface area contributed by atoms with Crippen molar-refractivity contribution in [3.63, 3.8) is 0 Å². The molecular formula is C27H28O10. The number of ether oxygens (including phenoxy) is 4. The van der Waals surface area contributed by atoms with Gasteiger partial charge >= 0.3 is 0 Å². The number of phenolic OH excluding ortho intramolecular Hbond substituents is 1. The number of methoxy groups -OCH3 is 1. The van der Waals surface area contributed by atoms with Gasteiger partial charge in [-0.15, -0.1) is 0 Å². The summed E-state index contributed by atoms with van der Waals surface area (Å²) in [7, 11) is 1.52. The highest BCUT2D eigenvalue weighted by Gasteiger charge is 2.44. The van der Waals surface area contributed by atoms with E-state index < -0.39 is 41.7 Å². The van der Waals surface area contributed by atoms with Crippen molar-refractivity contribution in [1.29, 1.82) is 0 Å². The first-order valence-electron chi connectivity index (χ1n) is 11.8. The Morgan fingerprint density at radius 2 is 1.73 bits per heavy atom. The second-order valence-corrected chi connectivity index (χ2v) is 9.67. The van der Waals surface area contributed by atoms with Gasteiger partial charge in [0.05, 0.1) is 18.8 Å². The molecule has 2 aliphatic rings. The van der Waals surface area contributed by atoms with E-state index in [0.717, 1.165) is 0 Å². The number of benzene rings is 2. The Balaban J connectivity index is 1.73. The van der Waals surface area contributed by atoms with Crippen molar-refractivity contribution in [2.45, 2.75) is 57.1 Å². The molecule has 0 amide bonds. The number of aliphatic hydroxyl groups excluding tert-OH is 3. The molecule has 0 spiro atoms. The number of rotatable bonds is 4. The zero-order valence-electron chi connectivity index (χ0n) is 20.7. The summed E-state index contributed by atoms with van der Waals surface area (Å²) >= 11 is 0. The molecule has 0 unspecified atom stereocenters. The molecule has 0 radical (unpaired) electrons. The zero-order valence-corrected chi connectivity index (χ0v) is 20.7. The van der Waals surface area contributed by atoms with Gasteiger partial charge in [-0.2, -0.15) is 0 Å². The van der Waals surface area contributed by atoms with Crippen molar-refractivity contribution in [2.75, 3.05) is 7.11 Å². The summed E-state index contributed by atoms with van der Waals surface area (Å²) in [4.78, 5) is 13.8. The molecule has 2 aliphatic heterocycles. The van der Waals surface area contributed by atoms with Gasteiger partial charge in [-0.25, -0.2) is 0 Å². The van der Waals surface area contributed by atoms with Crippen LogP contribution in [0.25, 0.3) is 28.4 Å². The van der Waals surface area contributed by atoms with Gasteiger partial charge in [0.15, 0.2) is 11.3 Å². The highest BCUT2D eigenvalue weighted by atomic mass is 16.7. The Bertz CT molecular complexity index is 1420. The molecule has 0 bridgehead atoms. The summed E-state index contributed by atoms with van der Waals surface area (Å²) in [6, 6.07) is 7.98. The largest absolute Gasteiger partial charge is 0.507 e. The van der Waals surface area contributed by atoms with Crippen molar-refractivity contribution in [3.05, 3.63) is 52.2 Å². The Morgan fingerprint density at radius 1 is 1.03 bits per heavy atom. The van der Waals surface area contributed by atoms with Crippen LogP contribution in [-0.2, 0) is 4.74 Å². The van der Waals surface area contributed by atoms with E-state index in [1.165, 1.54) is 20.1 Å². The summed E-state index contributed by atoms with van der Waals surface area (Å²) in [5.74, 6) is 0.171. The molecule has 1 saturated heterocycles. The van der Waals surface area contributed by atoms with E-state index >= 15 is 0 Å². The lowest BCUT2D eigenvalue weighted by Crippen LogP contribution is -2.58. The fraction of sp³-hybridized carbons (Fsp3) is 0.370. The maximum atomic E-state index is 13.8. The molecule has 10 heteroatoms. The second-order valence-electron chi connectivity index (χ2n) is 9.67. The SMILES string of the molecule is COc1ccc(-c2oc3c4c(cc(O)c3c(=O)c2O[C@@H]2O[C@@H](C)[C@H](O)[C@H](O)[C@@H]2O)OC(C)(C)C=C4)cc1. The fourth-order valence-electron chi connectivity index (χ4n) is 4.44. The van der Waals surface area contributed by atoms with Crippen molar-refractivity contribution in [2.24, 2.45) is 0 Å². The van der Waals surface area contributed by atoms with E-state index in [2.05, 4.69) is 0 Å². The van der Waals surface area contributed by atoms with E-state index in [-0.39, 0.29) is 28.2 Å². The van der Waals surface area contributed by atoms with Crippen LogP contribution in [0.1, 0.15) is 26.3 Å². The normalized spacial score (nSPS) is 26.4. The third kappa shape index (κ3) is 4.31. The number of phenols is 1. The maximum absolute atomic E-state index is 13.8. The average molecular weight is 513 g/mol. The first kappa shape index (κ1) is 25.1. The molecular weight excluding hydrogens is 484 g/mol. The van der Waals surface area contributed by atoms with E-state index in [4.69, 9.17) is 23.4 Å². The van der Waals surface area contributed by atoms with Crippen molar-refractivity contribution in [3.8, 4) is 34.3 Å². The van der Waals surface area contributed by atoms with Crippen LogP contribution in [0.3, 0.4) is 0 Å². The summed E-state index contributed by atoms with van der Waals surface area (Å²) < 4.78 is 28.8. The summed E-state index contributed by atoms with van der Waals surface area (Å²) in [6.07, 6.45) is -3.42. The Morgan fingerprint density at radius 3 is 2.41 bits per heavy atom. The van der Waals surface area contributed by atoms with Gasteiger partial charge in [-0.1, -0.05) is 0 Å². The molecule has 1 fully saturated rings. The van der Waals surface area contributed by atoms with Crippen LogP contribution in [0, 0.1) is 0 Å². The van der Waals surface area contributed by atoms with Crippen LogP contribution in [-0.4, -0.2) is 63.8 Å². The minimum atomic E-state index is -1.67. The molecule has 5 atom stereocenters. The number of fused-ring (bicyclic) bond motifs is 3. The standard InChI is InChI=1S/C27H28O10/c1-12-19(29)21(31)22(32)26(34-12)36-25-20(30)18-16(28)11-17-15(9-10-27(2,3)37-17)24(18)35-23(25)13-5-7-14(33-4)8-6-13/h5-12,19,21-22,26,28-29,31-32H,1-4H3/t12-,19-,21-,22-,26-/m0/s1. The van der Waals surface area contributed by atoms with Gasteiger partial charge in [0.1, 0.15) is 46.5 Å². The molecule has 3 heterocycles. The first-order chi connectivity index (χ1) is 17.5. The van der Waals surface area contributed by atoms with E-state index in [0.29, 0.717) is 22.6 Å². The smallest absolute Gasteiger partial charge is 0.239 e. The molecule has 196 valence electrons. The lowest BCUT2D eigenvalue weighted by atomic mass is 9.99. The first-order valence-corrected chi connectivity index (χ1v) is 11.8. The van der Waals surface area contributed by atoms with E-state index in [1.54, 1.807) is 30.3 Å². The van der Waals surface area contributed by atoms with Crippen molar-refractivity contribution < 1.29 is 43.8 Å². The Labute approximate surface area is 211 Å². The maximum Gasteiger partial charge on any atom is 0.239 e. The molecule has 0 aliphatic carbocycles. The van der Waals surface area contributed by atoms with Gasteiger partial charge in [0.25, 0.3) is 0 Å². The zero-order chi connectivity index (χ0) is 26.6. The highest BCUT2D eigenvalue weighted by molar-refractivity contribution is 5.95. The quantitative estimate of drug-likeness (QED) is 0.411. The van der Waals surface area contributed by atoms with Crippen LogP contribution in [0.5, 0.6) is 23.0 Å². The third-order valence-electron chi connectivity index (χ3n) is 6.52. The molecule has 10 nitrogen and oxygen atoms in total. The topological polar surface area (TPSA) is 148 Å². The number of hydrogen-bond donors (Lipinski definition) is 4. The molecule has 5 rings (SSSR count). The van der Waals surface area contributed by atoms with Gasteiger partial charge in [0, 0.05) is 11.6 Å². The average Bonchev–Trinajstić information content (AvgIpc) is 2.86. The monoisotopic (exact) mass is 512 g/mol. The molecule has 1 aromatic heterocycles. The highest BCUT2D eigenvalue weighted by Crippen LogP contribution is 2.43. The molecule has 3 aromatic rings. The van der Waals surface area contributed by atoms with Crippen molar-refractivity contribution in [1.82, 2.24) is 0 Å². The van der Waals surface area contributed by atoms with Gasteiger partial charge in [-0.05, 0) is 57.2 Å². The van der Waals surface area contributed by atoms with E-state index in [9.17, 15) is 25.2 Å². The Hall–Kier alpha value is -3.57. The van der Waals surface area contributed by atoms with Crippen LogP contribution < -0.4 is 19.6 Å². The van der Waals surface area contributed by atoms with E-state index in [1.807, 2.05) is 19.9 Å². The fourth-order valence-corrected chi connectivity index (χ4v) is 4.44. The summed E-state index contributed by atoms with van der Waals surface area (Å²) in [6.45, 7) is 5.20.